The van der Waals surface area contributed by atoms with Gasteiger partial charge in [-0.15, -0.1) is 0 Å². The number of unbranched alkanes of at least 4 members (excludes halogenated alkanes) is 4. The van der Waals surface area contributed by atoms with Crippen molar-refractivity contribution in [2.75, 3.05) is 6.61 Å². The molecule has 0 atom stereocenters. The molecule has 0 unspecified atom stereocenters. The van der Waals surface area contributed by atoms with Crippen LogP contribution in [0.3, 0.4) is 0 Å². The lowest BCUT2D eigenvalue weighted by molar-refractivity contribution is -0.175. The number of nitrogens with zero attached hydrogens (tertiary/aromatic N) is 1. The number of hydroxylamine groups is 2. The summed E-state index contributed by atoms with van der Waals surface area (Å²) in [5.41, 5.74) is 2.57. The number of benzene rings is 2. The van der Waals surface area contributed by atoms with Crippen LogP contribution in [-0.4, -0.2) is 11.7 Å². The highest BCUT2D eigenvalue weighted by Crippen LogP contribution is 2.11. The topological polar surface area (TPSA) is 12.5 Å². The van der Waals surface area contributed by atoms with Crippen LogP contribution in [-0.2, 0) is 17.9 Å². The second-order valence-corrected chi connectivity index (χ2v) is 6.02. The molecule has 0 fully saturated rings. The molecule has 2 aromatic rings. The Morgan fingerprint density at radius 2 is 1.22 bits per heavy atom. The maximum absolute atomic E-state index is 6.06. The van der Waals surface area contributed by atoms with Crippen LogP contribution >= 0.6 is 0 Å². The molecular weight excluding hydrogens is 282 g/mol. The van der Waals surface area contributed by atoms with E-state index in [-0.39, 0.29) is 0 Å². The summed E-state index contributed by atoms with van der Waals surface area (Å²) in [6.07, 6.45) is 6.34. The minimum Gasteiger partial charge on any atom is -0.298 e. The first-order valence-electron chi connectivity index (χ1n) is 8.84. The summed E-state index contributed by atoms with van der Waals surface area (Å²) < 4.78 is 0. The molecule has 0 bridgehead atoms. The maximum Gasteiger partial charge on any atom is 0.0685 e. The van der Waals surface area contributed by atoms with Crippen LogP contribution in [0.15, 0.2) is 60.7 Å². The van der Waals surface area contributed by atoms with Crippen molar-refractivity contribution in [3.63, 3.8) is 0 Å². The van der Waals surface area contributed by atoms with E-state index in [9.17, 15) is 0 Å². The molecule has 0 N–H and O–H groups in total. The van der Waals surface area contributed by atoms with Crippen LogP contribution in [0.1, 0.15) is 50.2 Å². The Hall–Kier alpha value is -1.64. The maximum atomic E-state index is 6.06. The molecule has 0 radical (unpaired) electrons. The third-order valence-corrected chi connectivity index (χ3v) is 3.93. The molecule has 124 valence electrons. The van der Waals surface area contributed by atoms with Gasteiger partial charge in [0.1, 0.15) is 0 Å². The van der Waals surface area contributed by atoms with Gasteiger partial charge in [-0.25, -0.2) is 0 Å². The van der Waals surface area contributed by atoms with E-state index in [4.69, 9.17) is 4.84 Å². The van der Waals surface area contributed by atoms with Gasteiger partial charge in [-0.2, -0.15) is 5.06 Å². The Morgan fingerprint density at radius 1 is 0.696 bits per heavy atom. The molecule has 23 heavy (non-hydrogen) atoms. The molecule has 2 aromatic carbocycles. The van der Waals surface area contributed by atoms with Crippen molar-refractivity contribution in [3.05, 3.63) is 71.8 Å². The minimum absolute atomic E-state index is 0.809. The predicted molar refractivity (Wildman–Crippen MR) is 96.8 cm³/mol. The highest BCUT2D eigenvalue weighted by molar-refractivity contribution is 5.16. The molecule has 0 aliphatic rings. The second-order valence-electron chi connectivity index (χ2n) is 6.02. The largest absolute Gasteiger partial charge is 0.298 e. The monoisotopic (exact) mass is 311 g/mol. The summed E-state index contributed by atoms with van der Waals surface area (Å²) >= 11 is 0. The molecule has 2 nitrogen and oxygen atoms in total. The molecule has 0 saturated heterocycles. The van der Waals surface area contributed by atoms with Crippen LogP contribution < -0.4 is 0 Å². The Labute approximate surface area is 141 Å². The van der Waals surface area contributed by atoms with Crippen molar-refractivity contribution in [2.24, 2.45) is 0 Å². The third kappa shape index (κ3) is 7.45. The molecule has 0 saturated carbocycles. The smallest absolute Gasteiger partial charge is 0.0685 e. The quantitative estimate of drug-likeness (QED) is 0.396. The highest BCUT2D eigenvalue weighted by atomic mass is 16.7. The fraction of sp³-hybridized carbons (Fsp3) is 0.429. The van der Waals surface area contributed by atoms with E-state index in [0.29, 0.717) is 0 Å². The van der Waals surface area contributed by atoms with Crippen LogP contribution in [0.4, 0.5) is 0 Å². The standard InChI is InChI=1S/C21H29NO/c1-2-3-4-5-12-17-23-22(18-20-13-8-6-9-14-20)19-21-15-10-7-11-16-21/h6-11,13-16H,2-5,12,17-19H2,1H3. The summed E-state index contributed by atoms with van der Waals surface area (Å²) in [4.78, 5) is 6.06. The Morgan fingerprint density at radius 3 is 1.74 bits per heavy atom. The summed E-state index contributed by atoms with van der Waals surface area (Å²) in [6, 6.07) is 21.1. The zero-order valence-electron chi connectivity index (χ0n) is 14.3. The van der Waals surface area contributed by atoms with Gasteiger partial charge in [0.05, 0.1) is 6.61 Å². The van der Waals surface area contributed by atoms with Gasteiger partial charge < -0.3 is 0 Å². The fourth-order valence-corrected chi connectivity index (χ4v) is 2.62. The molecule has 0 aliphatic carbocycles. The van der Waals surface area contributed by atoms with E-state index in [0.717, 1.165) is 26.1 Å². The first-order valence-corrected chi connectivity index (χ1v) is 8.84. The molecular formula is C21H29NO. The van der Waals surface area contributed by atoms with Crippen molar-refractivity contribution in [1.82, 2.24) is 5.06 Å². The van der Waals surface area contributed by atoms with Crippen LogP contribution in [0.25, 0.3) is 0 Å². The van der Waals surface area contributed by atoms with Gasteiger partial charge in [0, 0.05) is 13.1 Å². The van der Waals surface area contributed by atoms with Gasteiger partial charge >= 0.3 is 0 Å². The van der Waals surface area contributed by atoms with E-state index in [2.05, 4.69) is 72.7 Å². The molecule has 0 aromatic heterocycles. The van der Waals surface area contributed by atoms with Gasteiger partial charge in [0.15, 0.2) is 0 Å². The zero-order valence-corrected chi connectivity index (χ0v) is 14.3. The summed E-state index contributed by atoms with van der Waals surface area (Å²) in [5.74, 6) is 0. The third-order valence-electron chi connectivity index (χ3n) is 3.93. The summed E-state index contributed by atoms with van der Waals surface area (Å²) in [5, 5.41) is 2.09. The number of rotatable bonds is 11. The van der Waals surface area contributed by atoms with E-state index in [1.807, 2.05) is 0 Å². The first-order chi connectivity index (χ1) is 11.4. The Bertz CT molecular complexity index is 470. The number of hydrogen-bond acceptors (Lipinski definition) is 2. The minimum atomic E-state index is 0.809. The van der Waals surface area contributed by atoms with Crippen LogP contribution in [0.5, 0.6) is 0 Å². The Balaban J connectivity index is 1.83. The predicted octanol–water partition coefficient (Wildman–Crippen LogP) is 5.59. The van der Waals surface area contributed by atoms with Crippen molar-refractivity contribution in [3.8, 4) is 0 Å². The highest BCUT2D eigenvalue weighted by Gasteiger charge is 2.07. The van der Waals surface area contributed by atoms with Gasteiger partial charge in [0.2, 0.25) is 0 Å². The number of hydrogen-bond donors (Lipinski definition) is 0. The van der Waals surface area contributed by atoms with Crippen LogP contribution in [0, 0.1) is 0 Å². The molecule has 2 rings (SSSR count). The molecule has 0 aliphatic heterocycles. The van der Waals surface area contributed by atoms with E-state index >= 15 is 0 Å². The second kappa shape index (κ2) is 11.0. The van der Waals surface area contributed by atoms with Crippen molar-refractivity contribution < 1.29 is 4.84 Å². The zero-order chi connectivity index (χ0) is 16.2. The van der Waals surface area contributed by atoms with Crippen molar-refractivity contribution >= 4 is 0 Å². The van der Waals surface area contributed by atoms with Gasteiger partial charge in [-0.3, -0.25) is 4.84 Å². The average Bonchev–Trinajstić information content (AvgIpc) is 2.60. The van der Waals surface area contributed by atoms with Crippen LogP contribution in [0.2, 0.25) is 0 Å². The molecule has 0 amide bonds. The lowest BCUT2D eigenvalue weighted by Crippen LogP contribution is -2.23. The fourth-order valence-electron chi connectivity index (χ4n) is 2.62. The van der Waals surface area contributed by atoms with Gasteiger partial charge in [-0.05, 0) is 17.5 Å². The molecule has 0 heterocycles. The van der Waals surface area contributed by atoms with E-state index in [1.54, 1.807) is 0 Å². The van der Waals surface area contributed by atoms with Gasteiger partial charge in [0.25, 0.3) is 0 Å². The summed E-state index contributed by atoms with van der Waals surface area (Å²) in [6.45, 7) is 4.71. The molecule has 2 heteroatoms. The first kappa shape index (κ1) is 17.7. The van der Waals surface area contributed by atoms with Crippen molar-refractivity contribution in [2.45, 2.75) is 52.1 Å². The summed E-state index contributed by atoms with van der Waals surface area (Å²) in [7, 11) is 0. The normalized spacial score (nSPS) is 11.0. The lowest BCUT2D eigenvalue weighted by atomic mass is 10.2. The Kier molecular flexibility index (Phi) is 8.46. The molecule has 0 spiro atoms. The average molecular weight is 311 g/mol. The van der Waals surface area contributed by atoms with Gasteiger partial charge in [-0.1, -0.05) is 93.3 Å². The lowest BCUT2D eigenvalue weighted by Gasteiger charge is -2.22. The van der Waals surface area contributed by atoms with Crippen molar-refractivity contribution in [1.29, 1.82) is 0 Å². The van der Waals surface area contributed by atoms with E-state index in [1.165, 1.54) is 36.8 Å². The SMILES string of the molecule is CCCCCCCON(Cc1ccccc1)Cc1ccccc1. The van der Waals surface area contributed by atoms with E-state index < -0.39 is 0 Å².